The van der Waals surface area contributed by atoms with E-state index >= 15 is 0 Å². The standard InChI is InChI=1S/C20H22O5/c1-2-16(21)14-24-11-6-12-25-17-9-10-18(19(22)13-17)20(23)15-7-4-3-5-8-15/h3-5,7-10,13-14,21-22H,2,6,11-12H2,1H3. The van der Waals surface area contributed by atoms with Gasteiger partial charge < -0.3 is 19.7 Å². The van der Waals surface area contributed by atoms with Gasteiger partial charge in [0.15, 0.2) is 5.78 Å². The van der Waals surface area contributed by atoms with Gasteiger partial charge >= 0.3 is 0 Å². The number of aromatic hydroxyl groups is 1. The monoisotopic (exact) mass is 342 g/mol. The van der Waals surface area contributed by atoms with Gasteiger partial charge in [0.05, 0.1) is 18.8 Å². The Hall–Kier alpha value is -2.95. The summed E-state index contributed by atoms with van der Waals surface area (Å²) in [6, 6.07) is 13.4. The van der Waals surface area contributed by atoms with E-state index in [2.05, 4.69) is 0 Å². The van der Waals surface area contributed by atoms with Gasteiger partial charge in [-0.2, -0.15) is 0 Å². The summed E-state index contributed by atoms with van der Waals surface area (Å²) in [6.07, 6.45) is 2.48. The van der Waals surface area contributed by atoms with Crippen molar-refractivity contribution in [1.82, 2.24) is 0 Å². The number of hydrogen-bond donors (Lipinski definition) is 2. The van der Waals surface area contributed by atoms with Crippen molar-refractivity contribution in [2.45, 2.75) is 19.8 Å². The van der Waals surface area contributed by atoms with E-state index < -0.39 is 0 Å². The predicted octanol–water partition coefficient (Wildman–Crippen LogP) is 4.22. The number of benzene rings is 2. The van der Waals surface area contributed by atoms with Crippen molar-refractivity contribution >= 4 is 5.78 Å². The second-order valence-corrected chi connectivity index (χ2v) is 5.41. The SMILES string of the molecule is CCC(O)=COCCCOc1ccc(C(=O)c2ccccc2)c(O)c1. The number of allylic oxidation sites excluding steroid dienone is 1. The topological polar surface area (TPSA) is 76.0 Å². The van der Waals surface area contributed by atoms with Crippen molar-refractivity contribution < 1.29 is 24.5 Å². The van der Waals surface area contributed by atoms with Crippen molar-refractivity contribution in [3.8, 4) is 11.5 Å². The van der Waals surface area contributed by atoms with Gasteiger partial charge in [-0.25, -0.2) is 0 Å². The number of phenolic OH excluding ortho intramolecular Hbond substituents is 1. The van der Waals surface area contributed by atoms with Crippen LogP contribution in [0.25, 0.3) is 0 Å². The Morgan fingerprint density at radius 2 is 1.88 bits per heavy atom. The Bertz CT molecular complexity index is 722. The number of rotatable bonds is 9. The van der Waals surface area contributed by atoms with Crippen LogP contribution in [0.5, 0.6) is 11.5 Å². The highest BCUT2D eigenvalue weighted by atomic mass is 16.5. The molecule has 25 heavy (non-hydrogen) atoms. The van der Waals surface area contributed by atoms with Crippen molar-refractivity contribution in [3.05, 3.63) is 71.7 Å². The molecule has 5 nitrogen and oxygen atoms in total. The molecule has 2 aromatic carbocycles. The van der Waals surface area contributed by atoms with Crippen molar-refractivity contribution in [3.63, 3.8) is 0 Å². The molecule has 0 bridgehead atoms. The lowest BCUT2D eigenvalue weighted by molar-refractivity contribution is 0.103. The average molecular weight is 342 g/mol. The van der Waals surface area contributed by atoms with Gasteiger partial charge in [-0.3, -0.25) is 4.79 Å². The zero-order valence-corrected chi connectivity index (χ0v) is 14.1. The van der Waals surface area contributed by atoms with E-state index in [9.17, 15) is 15.0 Å². The fourth-order valence-corrected chi connectivity index (χ4v) is 2.11. The summed E-state index contributed by atoms with van der Waals surface area (Å²) >= 11 is 0. The molecule has 0 atom stereocenters. The van der Waals surface area contributed by atoms with Crippen LogP contribution >= 0.6 is 0 Å². The molecule has 0 heterocycles. The molecule has 2 N–H and O–H groups in total. The highest BCUT2D eigenvalue weighted by Crippen LogP contribution is 2.26. The molecule has 5 heteroatoms. The first kappa shape index (κ1) is 18.4. The number of aliphatic hydroxyl groups is 1. The van der Waals surface area contributed by atoms with Crippen LogP contribution in [-0.2, 0) is 4.74 Å². The Morgan fingerprint density at radius 1 is 1.12 bits per heavy atom. The minimum Gasteiger partial charge on any atom is -0.509 e. The molecule has 0 saturated heterocycles. The third-order valence-corrected chi connectivity index (χ3v) is 3.51. The first-order valence-corrected chi connectivity index (χ1v) is 8.17. The molecule has 0 saturated carbocycles. The van der Waals surface area contributed by atoms with Crippen LogP contribution in [-0.4, -0.2) is 29.2 Å². The van der Waals surface area contributed by atoms with Crippen LogP contribution in [0.3, 0.4) is 0 Å². The van der Waals surface area contributed by atoms with E-state index in [0.717, 1.165) is 0 Å². The largest absolute Gasteiger partial charge is 0.509 e. The highest BCUT2D eigenvalue weighted by Gasteiger charge is 2.13. The van der Waals surface area contributed by atoms with E-state index in [1.54, 1.807) is 36.4 Å². The van der Waals surface area contributed by atoms with Crippen LogP contribution in [0, 0.1) is 0 Å². The maximum absolute atomic E-state index is 12.3. The Labute approximate surface area is 147 Å². The third kappa shape index (κ3) is 5.57. The van der Waals surface area contributed by atoms with Gasteiger partial charge in [0.2, 0.25) is 0 Å². The first-order chi connectivity index (χ1) is 12.1. The minimum absolute atomic E-state index is 0.113. The lowest BCUT2D eigenvalue weighted by Crippen LogP contribution is -2.03. The molecule has 0 amide bonds. The zero-order chi connectivity index (χ0) is 18.1. The summed E-state index contributed by atoms with van der Waals surface area (Å²) in [5.74, 6) is 0.331. The summed E-state index contributed by atoms with van der Waals surface area (Å²) in [5, 5.41) is 19.3. The number of ketones is 1. The number of phenols is 1. The Kier molecular flexibility index (Phi) is 6.89. The van der Waals surface area contributed by atoms with E-state index in [1.807, 2.05) is 13.0 Å². The van der Waals surface area contributed by atoms with Crippen LogP contribution in [0.2, 0.25) is 0 Å². The van der Waals surface area contributed by atoms with Gasteiger partial charge in [-0.1, -0.05) is 37.3 Å². The molecule has 2 aromatic rings. The highest BCUT2D eigenvalue weighted by molar-refractivity contribution is 6.10. The summed E-state index contributed by atoms with van der Waals surface area (Å²) in [7, 11) is 0. The molecule has 0 aliphatic rings. The molecule has 0 spiro atoms. The second-order valence-electron chi connectivity index (χ2n) is 5.41. The van der Waals surface area contributed by atoms with Crippen molar-refractivity contribution in [1.29, 1.82) is 0 Å². The maximum atomic E-state index is 12.3. The van der Waals surface area contributed by atoms with Crippen LogP contribution in [0.1, 0.15) is 35.7 Å². The van der Waals surface area contributed by atoms with Crippen molar-refractivity contribution in [2.24, 2.45) is 0 Å². The van der Waals surface area contributed by atoms with Crippen LogP contribution < -0.4 is 4.74 Å². The minimum atomic E-state index is -0.236. The van der Waals surface area contributed by atoms with Gasteiger partial charge in [0, 0.05) is 24.5 Å². The van der Waals surface area contributed by atoms with Gasteiger partial charge in [-0.15, -0.1) is 0 Å². The Morgan fingerprint density at radius 3 is 2.56 bits per heavy atom. The van der Waals surface area contributed by atoms with Crippen LogP contribution in [0.4, 0.5) is 0 Å². The molecule has 0 unspecified atom stereocenters. The van der Waals surface area contributed by atoms with E-state index in [0.29, 0.717) is 37.4 Å². The molecular weight excluding hydrogens is 320 g/mol. The quantitative estimate of drug-likeness (QED) is 0.405. The molecule has 0 radical (unpaired) electrons. The average Bonchev–Trinajstić information content (AvgIpc) is 2.64. The van der Waals surface area contributed by atoms with Gasteiger partial charge in [0.25, 0.3) is 0 Å². The lowest BCUT2D eigenvalue weighted by atomic mass is 10.0. The first-order valence-electron chi connectivity index (χ1n) is 8.17. The molecule has 0 fully saturated rings. The number of carbonyl (C=O) groups is 1. The molecule has 2 rings (SSSR count). The summed E-state index contributed by atoms with van der Waals surface area (Å²) in [4.78, 5) is 12.3. The number of aliphatic hydroxyl groups excluding tert-OH is 1. The van der Waals surface area contributed by atoms with Gasteiger partial charge in [-0.05, 0) is 12.1 Å². The van der Waals surface area contributed by atoms with Gasteiger partial charge in [0.1, 0.15) is 23.5 Å². The zero-order valence-electron chi connectivity index (χ0n) is 14.1. The second kappa shape index (κ2) is 9.37. The van der Waals surface area contributed by atoms with E-state index in [1.165, 1.54) is 12.3 Å². The summed E-state index contributed by atoms with van der Waals surface area (Å²) in [5.41, 5.74) is 0.758. The lowest BCUT2D eigenvalue weighted by Gasteiger charge is -2.09. The smallest absolute Gasteiger partial charge is 0.196 e. The Balaban J connectivity index is 1.86. The maximum Gasteiger partial charge on any atom is 0.196 e. The number of carbonyl (C=O) groups excluding carboxylic acids is 1. The molecule has 0 aliphatic heterocycles. The van der Waals surface area contributed by atoms with E-state index in [-0.39, 0.29) is 22.9 Å². The van der Waals surface area contributed by atoms with E-state index in [4.69, 9.17) is 9.47 Å². The predicted molar refractivity (Wildman–Crippen MR) is 95.0 cm³/mol. The molecule has 132 valence electrons. The number of ether oxygens (including phenoxy) is 2. The summed E-state index contributed by atoms with van der Waals surface area (Å²) < 4.78 is 10.7. The number of hydrogen-bond acceptors (Lipinski definition) is 5. The fourth-order valence-electron chi connectivity index (χ4n) is 2.11. The third-order valence-electron chi connectivity index (χ3n) is 3.51. The molecule has 0 aliphatic carbocycles. The summed E-state index contributed by atoms with van der Waals surface area (Å²) in [6.45, 7) is 2.64. The molecular formula is C20H22O5. The molecule has 0 aromatic heterocycles. The fraction of sp³-hybridized carbons (Fsp3) is 0.250. The normalized spacial score (nSPS) is 11.2. The van der Waals surface area contributed by atoms with Crippen LogP contribution in [0.15, 0.2) is 60.6 Å². The van der Waals surface area contributed by atoms with Crippen molar-refractivity contribution in [2.75, 3.05) is 13.2 Å².